The topological polar surface area (TPSA) is 39.9 Å². The summed E-state index contributed by atoms with van der Waals surface area (Å²) in [6.45, 7) is 6.79. The van der Waals surface area contributed by atoms with Crippen molar-refractivity contribution in [1.29, 1.82) is 0 Å². The first kappa shape index (κ1) is 19.9. The molecular formula is C25H19FIN3O. The van der Waals surface area contributed by atoms with Crippen molar-refractivity contribution >= 4 is 39.2 Å². The largest absolute Gasteiger partial charge is 0.459 e. The molecule has 3 aromatic rings. The van der Waals surface area contributed by atoms with Gasteiger partial charge in [-0.1, -0.05) is 37.0 Å². The minimum atomic E-state index is -0.306. The summed E-state index contributed by atoms with van der Waals surface area (Å²) in [4.78, 5) is 8.85. The van der Waals surface area contributed by atoms with E-state index in [1.165, 1.54) is 12.1 Å². The van der Waals surface area contributed by atoms with Crippen molar-refractivity contribution in [3.8, 4) is 5.75 Å². The number of hydrogen-bond donors (Lipinski definition) is 0. The van der Waals surface area contributed by atoms with E-state index in [1.54, 1.807) is 12.4 Å². The van der Waals surface area contributed by atoms with E-state index in [2.05, 4.69) is 62.1 Å². The minimum absolute atomic E-state index is 0.306. The maximum atomic E-state index is 14.0. The molecule has 1 aromatic carbocycles. The summed E-state index contributed by atoms with van der Waals surface area (Å²) in [6.07, 6.45) is 14.6. The van der Waals surface area contributed by atoms with Crippen molar-refractivity contribution in [2.24, 2.45) is 0 Å². The molecule has 0 amide bonds. The summed E-state index contributed by atoms with van der Waals surface area (Å²) in [5.74, 6) is 1.07. The summed E-state index contributed by atoms with van der Waals surface area (Å²) >= 11 is 2.31. The molecule has 0 atom stereocenters. The predicted octanol–water partition coefficient (Wildman–Crippen LogP) is 6.29. The van der Waals surface area contributed by atoms with Crippen LogP contribution in [0.1, 0.15) is 17.7 Å². The molecule has 0 radical (unpaired) electrons. The maximum absolute atomic E-state index is 14.0. The fourth-order valence-electron chi connectivity index (χ4n) is 4.06. The lowest BCUT2D eigenvalue weighted by atomic mass is 9.88. The first-order valence-corrected chi connectivity index (χ1v) is 11.0. The van der Waals surface area contributed by atoms with Crippen LogP contribution in [0.4, 0.5) is 4.39 Å². The molecule has 5 rings (SSSR count). The highest BCUT2D eigenvalue weighted by atomic mass is 127. The Morgan fingerprint density at radius 1 is 1.23 bits per heavy atom. The molecule has 3 heterocycles. The van der Waals surface area contributed by atoms with E-state index in [0.717, 1.165) is 49.2 Å². The van der Waals surface area contributed by atoms with Crippen LogP contribution in [0.5, 0.6) is 5.75 Å². The van der Waals surface area contributed by atoms with E-state index in [9.17, 15) is 4.39 Å². The van der Waals surface area contributed by atoms with Crippen LogP contribution < -0.4 is 4.74 Å². The Kier molecular flexibility index (Phi) is 5.09. The molecule has 0 N–H and O–H groups in total. The zero-order valence-corrected chi connectivity index (χ0v) is 19.1. The monoisotopic (exact) mass is 523 g/mol. The first-order chi connectivity index (χ1) is 15.0. The third kappa shape index (κ3) is 3.54. The van der Waals surface area contributed by atoms with Gasteiger partial charge in [0.2, 0.25) is 0 Å². The van der Waals surface area contributed by atoms with Crippen LogP contribution in [-0.4, -0.2) is 14.5 Å². The van der Waals surface area contributed by atoms with Gasteiger partial charge >= 0.3 is 0 Å². The van der Waals surface area contributed by atoms with Crippen molar-refractivity contribution in [3.05, 3.63) is 105 Å². The SMILES string of the molecule is C=C1C(C2=CC=CC=CC2)=C(Cn2cc(I)c3c(C)ncnc32)Oc2ccc(F)cc21. The molecule has 0 spiro atoms. The van der Waals surface area contributed by atoms with Crippen molar-refractivity contribution in [1.82, 2.24) is 14.5 Å². The van der Waals surface area contributed by atoms with E-state index in [-0.39, 0.29) is 5.82 Å². The van der Waals surface area contributed by atoms with Crippen molar-refractivity contribution in [2.75, 3.05) is 0 Å². The van der Waals surface area contributed by atoms with Crippen LogP contribution in [0.15, 0.2) is 84.6 Å². The van der Waals surface area contributed by atoms with E-state index in [0.29, 0.717) is 17.9 Å². The zero-order valence-electron chi connectivity index (χ0n) is 16.9. The van der Waals surface area contributed by atoms with Crippen LogP contribution in [0.25, 0.3) is 16.6 Å². The van der Waals surface area contributed by atoms with Crippen molar-refractivity contribution in [2.45, 2.75) is 19.9 Å². The molecule has 0 saturated carbocycles. The average Bonchev–Trinajstić information content (AvgIpc) is 2.91. The highest BCUT2D eigenvalue weighted by Gasteiger charge is 2.27. The summed E-state index contributed by atoms with van der Waals surface area (Å²) in [6, 6.07) is 4.56. The van der Waals surface area contributed by atoms with Crippen LogP contribution in [-0.2, 0) is 6.54 Å². The lowest BCUT2D eigenvalue weighted by molar-refractivity contribution is 0.382. The van der Waals surface area contributed by atoms with E-state index in [1.807, 2.05) is 25.2 Å². The van der Waals surface area contributed by atoms with Gasteiger partial charge in [0.1, 0.15) is 29.3 Å². The second-order valence-corrected chi connectivity index (χ2v) is 8.65. The fraction of sp³-hybridized carbons (Fsp3) is 0.120. The number of aromatic nitrogens is 3. The Morgan fingerprint density at radius 3 is 2.97 bits per heavy atom. The molecule has 0 bridgehead atoms. The third-order valence-electron chi connectivity index (χ3n) is 5.51. The second-order valence-electron chi connectivity index (χ2n) is 7.49. The van der Waals surface area contributed by atoms with Crippen LogP contribution in [0.3, 0.4) is 0 Å². The normalized spacial score (nSPS) is 15.7. The molecule has 6 heteroatoms. The van der Waals surface area contributed by atoms with Gasteiger partial charge in [-0.25, -0.2) is 14.4 Å². The summed E-state index contributed by atoms with van der Waals surface area (Å²) < 4.78 is 23.5. The number of benzene rings is 1. The van der Waals surface area contributed by atoms with Gasteiger partial charge in [0.05, 0.1) is 17.6 Å². The molecule has 2 aliphatic rings. The lowest BCUT2D eigenvalue weighted by Gasteiger charge is -2.27. The van der Waals surface area contributed by atoms with Gasteiger partial charge in [-0.05, 0) is 65.3 Å². The molecule has 0 unspecified atom stereocenters. The highest BCUT2D eigenvalue weighted by Crippen LogP contribution is 2.42. The molecule has 0 saturated heterocycles. The fourth-order valence-corrected chi connectivity index (χ4v) is 5.02. The number of rotatable bonds is 3. The molecule has 4 nitrogen and oxygen atoms in total. The predicted molar refractivity (Wildman–Crippen MR) is 129 cm³/mol. The molecule has 2 aromatic heterocycles. The third-order valence-corrected chi connectivity index (χ3v) is 6.32. The first-order valence-electron chi connectivity index (χ1n) is 9.92. The Hall–Kier alpha value is -3.00. The van der Waals surface area contributed by atoms with Crippen LogP contribution >= 0.6 is 22.6 Å². The maximum Gasteiger partial charge on any atom is 0.145 e. The van der Waals surface area contributed by atoms with Gasteiger partial charge in [-0.2, -0.15) is 0 Å². The molecule has 1 aliphatic carbocycles. The lowest BCUT2D eigenvalue weighted by Crippen LogP contribution is -2.16. The van der Waals surface area contributed by atoms with Crippen molar-refractivity contribution in [3.63, 3.8) is 0 Å². The number of halogens is 2. The average molecular weight is 523 g/mol. The Labute approximate surface area is 193 Å². The van der Waals surface area contributed by atoms with E-state index >= 15 is 0 Å². The molecular weight excluding hydrogens is 504 g/mol. The van der Waals surface area contributed by atoms with Gasteiger partial charge in [0.25, 0.3) is 0 Å². The van der Waals surface area contributed by atoms with Crippen molar-refractivity contribution < 1.29 is 9.13 Å². The quantitative estimate of drug-likeness (QED) is 0.379. The molecule has 1 aliphatic heterocycles. The Morgan fingerprint density at radius 2 is 2.10 bits per heavy atom. The Bertz CT molecular complexity index is 1360. The number of nitrogens with zero attached hydrogens (tertiary/aromatic N) is 3. The van der Waals surface area contributed by atoms with E-state index < -0.39 is 0 Å². The minimum Gasteiger partial charge on any atom is -0.459 e. The highest BCUT2D eigenvalue weighted by molar-refractivity contribution is 14.1. The molecule has 0 fully saturated rings. The van der Waals surface area contributed by atoms with Gasteiger partial charge in [-0.3, -0.25) is 0 Å². The van der Waals surface area contributed by atoms with Gasteiger partial charge in [0, 0.05) is 20.9 Å². The molecule has 154 valence electrons. The van der Waals surface area contributed by atoms with Crippen LogP contribution in [0.2, 0.25) is 0 Å². The Balaban J connectivity index is 1.67. The van der Waals surface area contributed by atoms with Crippen LogP contribution in [0, 0.1) is 16.3 Å². The smallest absolute Gasteiger partial charge is 0.145 e. The summed E-state index contributed by atoms with van der Waals surface area (Å²) in [5, 5.41) is 1.04. The number of fused-ring (bicyclic) bond motifs is 2. The van der Waals surface area contributed by atoms with Gasteiger partial charge in [-0.15, -0.1) is 0 Å². The standard InChI is InChI=1S/C25H19FIN3O/c1-15-19-11-18(26)9-10-21(19)31-22(23(15)17-7-5-3-4-6-8-17)13-30-12-20(27)24-16(2)28-14-29-25(24)30/h3-7,9-12,14H,1,8,13H2,2H3. The summed E-state index contributed by atoms with van der Waals surface area (Å²) in [5.41, 5.74) is 5.25. The zero-order chi connectivity index (χ0) is 21.5. The number of aryl methyl sites for hydroxylation is 1. The van der Waals surface area contributed by atoms with Gasteiger partial charge in [0.15, 0.2) is 0 Å². The number of hydrogen-bond acceptors (Lipinski definition) is 3. The number of ether oxygens (including phenoxy) is 1. The summed E-state index contributed by atoms with van der Waals surface area (Å²) in [7, 11) is 0. The number of allylic oxidation sites excluding steroid dienone is 9. The molecule has 31 heavy (non-hydrogen) atoms. The van der Waals surface area contributed by atoms with Gasteiger partial charge < -0.3 is 9.30 Å². The van der Waals surface area contributed by atoms with E-state index in [4.69, 9.17) is 4.74 Å². The second kappa shape index (κ2) is 7.92.